The second kappa shape index (κ2) is 7.61. The number of aromatic amines is 1. The molecule has 0 spiro atoms. The topological polar surface area (TPSA) is 61.0 Å². The first-order chi connectivity index (χ1) is 10.3. The van der Waals surface area contributed by atoms with Gasteiger partial charge in [-0.2, -0.15) is 5.10 Å². The molecule has 1 atom stereocenters. The van der Waals surface area contributed by atoms with Gasteiger partial charge in [-0.3, -0.25) is 9.89 Å². The summed E-state index contributed by atoms with van der Waals surface area (Å²) in [5.74, 6) is 0.774. The lowest BCUT2D eigenvalue weighted by Gasteiger charge is -2.32. The van der Waals surface area contributed by atoms with Crippen molar-refractivity contribution < 1.29 is 4.79 Å². The molecule has 1 aromatic carbocycles. The number of H-pyrrole nitrogens is 1. The van der Waals surface area contributed by atoms with Crippen LogP contribution in [0.15, 0.2) is 24.3 Å². The van der Waals surface area contributed by atoms with Crippen molar-refractivity contribution in [3.05, 3.63) is 30.0 Å². The molecule has 1 unspecified atom stereocenters. The minimum atomic E-state index is 0. The molecule has 6 heteroatoms. The van der Waals surface area contributed by atoms with Gasteiger partial charge >= 0.3 is 0 Å². The average molecular weight is 323 g/mol. The van der Waals surface area contributed by atoms with E-state index in [0.717, 1.165) is 42.7 Å². The molecule has 2 heterocycles. The molecule has 0 bridgehead atoms. The number of amides is 1. The van der Waals surface area contributed by atoms with Gasteiger partial charge in [0, 0.05) is 18.5 Å². The number of hydrogen-bond acceptors (Lipinski definition) is 3. The zero-order valence-electron chi connectivity index (χ0n) is 12.8. The molecule has 0 aliphatic carbocycles. The van der Waals surface area contributed by atoms with E-state index < -0.39 is 0 Å². The molecule has 3 rings (SSSR count). The maximum Gasteiger partial charge on any atom is 0.228 e. The van der Waals surface area contributed by atoms with Crippen LogP contribution in [0.4, 0.5) is 0 Å². The lowest BCUT2D eigenvalue weighted by Crippen LogP contribution is -2.43. The quantitative estimate of drug-likeness (QED) is 0.905. The first-order valence-electron chi connectivity index (χ1n) is 7.62. The van der Waals surface area contributed by atoms with E-state index >= 15 is 0 Å². The van der Waals surface area contributed by atoms with Crippen LogP contribution >= 0.6 is 12.4 Å². The zero-order valence-corrected chi connectivity index (χ0v) is 13.7. The number of fused-ring (bicyclic) bond motifs is 1. The zero-order chi connectivity index (χ0) is 14.7. The Labute approximate surface area is 136 Å². The van der Waals surface area contributed by atoms with Crippen LogP contribution < -0.4 is 5.32 Å². The number of benzene rings is 1. The van der Waals surface area contributed by atoms with Gasteiger partial charge < -0.3 is 10.2 Å². The van der Waals surface area contributed by atoms with Crippen LogP contribution in [0.25, 0.3) is 10.9 Å². The number of piperidine rings is 1. The molecule has 0 radical (unpaired) electrons. The summed E-state index contributed by atoms with van der Waals surface area (Å²) >= 11 is 0. The Hall–Kier alpha value is -1.59. The third-order valence-electron chi connectivity index (χ3n) is 4.23. The first-order valence-corrected chi connectivity index (χ1v) is 7.62. The van der Waals surface area contributed by atoms with Gasteiger partial charge in [0.15, 0.2) is 0 Å². The molecule has 1 saturated heterocycles. The van der Waals surface area contributed by atoms with E-state index in [9.17, 15) is 4.79 Å². The maximum absolute atomic E-state index is 12.5. The minimum Gasteiger partial charge on any atom is -0.342 e. The Kier molecular flexibility index (Phi) is 5.80. The summed E-state index contributed by atoms with van der Waals surface area (Å²) in [6.07, 6.45) is 2.71. The molecule has 5 nitrogen and oxygen atoms in total. The van der Waals surface area contributed by atoms with Gasteiger partial charge in [0.05, 0.1) is 17.6 Å². The fourth-order valence-electron chi connectivity index (χ4n) is 3.16. The van der Waals surface area contributed by atoms with Gasteiger partial charge in [-0.15, -0.1) is 12.4 Å². The number of aromatic nitrogens is 2. The van der Waals surface area contributed by atoms with Crippen molar-refractivity contribution in [1.29, 1.82) is 0 Å². The van der Waals surface area contributed by atoms with Crippen LogP contribution in [0.5, 0.6) is 0 Å². The summed E-state index contributed by atoms with van der Waals surface area (Å²) in [5.41, 5.74) is 1.85. The molecule has 2 aromatic rings. The normalized spacial score (nSPS) is 18.2. The number of halogens is 1. The second-order valence-corrected chi connectivity index (χ2v) is 5.80. The third kappa shape index (κ3) is 3.59. The monoisotopic (exact) mass is 322 g/mol. The molecule has 1 fully saturated rings. The molecule has 1 aromatic heterocycles. The third-order valence-corrected chi connectivity index (χ3v) is 4.23. The van der Waals surface area contributed by atoms with E-state index in [1.54, 1.807) is 0 Å². The number of carbonyl (C=O) groups is 1. The van der Waals surface area contributed by atoms with Crippen LogP contribution in [0.1, 0.15) is 18.5 Å². The number of nitrogens with zero attached hydrogens (tertiary/aromatic N) is 2. The Bertz CT molecular complexity index is 625. The molecule has 0 saturated carbocycles. The smallest absolute Gasteiger partial charge is 0.228 e. The molecule has 22 heavy (non-hydrogen) atoms. The number of para-hydroxylation sites is 1. The molecular weight excluding hydrogens is 300 g/mol. The minimum absolute atomic E-state index is 0. The standard InChI is InChI=1S/C16H22N4O.ClH/c1-17-10-12-5-4-8-20(11-12)16(21)9-15-13-6-2-3-7-14(13)18-19-15;/h2-3,6-7,12,17H,4-5,8-11H2,1H3,(H,18,19);1H. The van der Waals surface area contributed by atoms with Gasteiger partial charge in [-0.1, -0.05) is 18.2 Å². The van der Waals surface area contributed by atoms with Crippen LogP contribution in [-0.2, 0) is 11.2 Å². The van der Waals surface area contributed by atoms with Crippen LogP contribution in [-0.4, -0.2) is 47.7 Å². The van der Waals surface area contributed by atoms with E-state index in [-0.39, 0.29) is 18.3 Å². The Morgan fingerprint density at radius 3 is 3.09 bits per heavy atom. The van der Waals surface area contributed by atoms with E-state index in [2.05, 4.69) is 15.5 Å². The van der Waals surface area contributed by atoms with Gasteiger partial charge in [0.1, 0.15) is 0 Å². The molecule has 1 amide bonds. The highest BCUT2D eigenvalue weighted by Gasteiger charge is 2.23. The predicted octanol–water partition coefficient (Wildman–Crippen LogP) is 1.99. The molecular formula is C16H23ClN4O. The van der Waals surface area contributed by atoms with Crippen molar-refractivity contribution in [1.82, 2.24) is 20.4 Å². The van der Waals surface area contributed by atoms with Gasteiger partial charge in [0.2, 0.25) is 5.91 Å². The number of carbonyl (C=O) groups excluding carboxylic acids is 1. The van der Waals surface area contributed by atoms with Gasteiger partial charge in [0.25, 0.3) is 0 Å². The predicted molar refractivity (Wildman–Crippen MR) is 90.3 cm³/mol. The number of rotatable bonds is 4. The summed E-state index contributed by atoms with van der Waals surface area (Å²) in [7, 11) is 1.97. The summed E-state index contributed by atoms with van der Waals surface area (Å²) in [5, 5.41) is 11.5. The summed E-state index contributed by atoms with van der Waals surface area (Å²) in [4.78, 5) is 14.5. The maximum atomic E-state index is 12.5. The SMILES string of the molecule is CNCC1CCCN(C(=O)Cc2[nH]nc3ccccc23)C1.Cl. The van der Waals surface area contributed by atoms with Crippen LogP contribution in [0, 0.1) is 5.92 Å². The largest absolute Gasteiger partial charge is 0.342 e. The first kappa shape index (κ1) is 16.8. The van der Waals surface area contributed by atoms with Gasteiger partial charge in [-0.25, -0.2) is 0 Å². The van der Waals surface area contributed by atoms with Crippen molar-refractivity contribution in [2.24, 2.45) is 5.92 Å². The molecule has 1 aliphatic rings. The summed E-state index contributed by atoms with van der Waals surface area (Å²) in [6, 6.07) is 7.92. The van der Waals surface area contributed by atoms with Crippen molar-refractivity contribution in [3.63, 3.8) is 0 Å². The highest BCUT2D eigenvalue weighted by molar-refractivity contribution is 5.87. The van der Waals surface area contributed by atoms with Crippen molar-refractivity contribution >= 4 is 29.2 Å². The number of hydrogen-bond donors (Lipinski definition) is 2. The number of likely N-dealkylation sites (tertiary alicyclic amines) is 1. The second-order valence-electron chi connectivity index (χ2n) is 5.80. The molecule has 120 valence electrons. The summed E-state index contributed by atoms with van der Waals surface area (Å²) in [6.45, 7) is 2.73. The summed E-state index contributed by atoms with van der Waals surface area (Å²) < 4.78 is 0. The fraction of sp³-hybridized carbons (Fsp3) is 0.500. The van der Waals surface area contributed by atoms with E-state index in [1.807, 2.05) is 36.2 Å². The van der Waals surface area contributed by atoms with Gasteiger partial charge in [-0.05, 0) is 38.4 Å². The molecule has 2 N–H and O–H groups in total. The van der Waals surface area contributed by atoms with Crippen LogP contribution in [0.3, 0.4) is 0 Å². The van der Waals surface area contributed by atoms with Crippen molar-refractivity contribution in [2.75, 3.05) is 26.7 Å². The van der Waals surface area contributed by atoms with E-state index in [4.69, 9.17) is 0 Å². The van der Waals surface area contributed by atoms with Crippen molar-refractivity contribution in [3.8, 4) is 0 Å². The lowest BCUT2D eigenvalue weighted by atomic mass is 9.97. The average Bonchev–Trinajstić information content (AvgIpc) is 2.91. The Morgan fingerprint density at radius 1 is 1.45 bits per heavy atom. The Balaban J connectivity index is 0.00000176. The van der Waals surface area contributed by atoms with Crippen molar-refractivity contribution in [2.45, 2.75) is 19.3 Å². The fourth-order valence-corrected chi connectivity index (χ4v) is 3.16. The highest BCUT2D eigenvalue weighted by atomic mass is 35.5. The van der Waals surface area contributed by atoms with E-state index in [1.165, 1.54) is 6.42 Å². The van der Waals surface area contributed by atoms with Crippen LogP contribution in [0.2, 0.25) is 0 Å². The Morgan fingerprint density at radius 2 is 2.27 bits per heavy atom. The molecule has 1 aliphatic heterocycles. The lowest BCUT2D eigenvalue weighted by molar-refractivity contribution is -0.132. The number of nitrogens with one attached hydrogen (secondary N) is 2. The van der Waals surface area contributed by atoms with E-state index in [0.29, 0.717) is 12.3 Å². The highest BCUT2D eigenvalue weighted by Crippen LogP contribution is 2.19.